The third-order valence-electron chi connectivity index (χ3n) is 4.30. The monoisotopic (exact) mass is 392 g/mol. The molecule has 1 aromatic heterocycles. The van der Waals surface area contributed by atoms with E-state index in [9.17, 15) is 4.79 Å². The van der Waals surface area contributed by atoms with Gasteiger partial charge >= 0.3 is 5.97 Å². The van der Waals surface area contributed by atoms with Crippen molar-refractivity contribution in [1.29, 1.82) is 0 Å². The Labute approximate surface area is 167 Å². The number of furan rings is 1. The number of ether oxygens (including phenoxy) is 2. The number of halogens is 1. The molecule has 140 valence electrons. The zero-order valence-electron chi connectivity index (χ0n) is 15.1. The van der Waals surface area contributed by atoms with E-state index in [0.29, 0.717) is 27.7 Å². The normalized spacial score (nSPS) is 10.8. The number of fused-ring (bicyclic) bond motifs is 1. The Morgan fingerprint density at radius 1 is 1.00 bits per heavy atom. The highest BCUT2D eigenvalue weighted by Gasteiger charge is 2.23. The molecule has 0 spiro atoms. The second kappa shape index (κ2) is 7.79. The van der Waals surface area contributed by atoms with Crippen LogP contribution in [0.3, 0.4) is 0 Å². The van der Waals surface area contributed by atoms with Gasteiger partial charge in [0.1, 0.15) is 23.7 Å². The van der Waals surface area contributed by atoms with Crippen LogP contribution in [0.2, 0.25) is 5.02 Å². The Morgan fingerprint density at radius 2 is 1.75 bits per heavy atom. The minimum absolute atomic E-state index is 0.106. The molecule has 0 amide bonds. The number of carbonyl (C=O) groups excluding carboxylic acids is 1. The maximum atomic E-state index is 12.8. The van der Waals surface area contributed by atoms with Gasteiger partial charge in [-0.2, -0.15) is 0 Å². The van der Waals surface area contributed by atoms with E-state index in [2.05, 4.69) is 0 Å². The Kier molecular flexibility index (Phi) is 5.04. The lowest BCUT2D eigenvalue weighted by Crippen LogP contribution is -2.11. The Hall–Kier alpha value is -3.24. The van der Waals surface area contributed by atoms with Crippen LogP contribution in [0, 0.1) is 6.92 Å². The molecule has 0 radical (unpaired) electrons. The van der Waals surface area contributed by atoms with Gasteiger partial charge in [-0.25, -0.2) is 4.79 Å². The second-order valence-electron chi connectivity index (χ2n) is 6.33. The molecule has 4 aromatic rings. The highest BCUT2D eigenvalue weighted by molar-refractivity contribution is 6.32. The standard InChI is InChI=1S/C23H17ClO4/c1-15-11-12-19(24)21(13-15)28-23(25)22-18(14-26-16-7-3-2-4-8-16)17-9-5-6-10-20(17)27-22/h2-13H,14H2,1H3. The first-order valence-corrected chi connectivity index (χ1v) is 9.16. The summed E-state index contributed by atoms with van der Waals surface area (Å²) in [6.45, 7) is 2.07. The van der Waals surface area contributed by atoms with Crippen molar-refractivity contribution < 1.29 is 18.7 Å². The minimum atomic E-state index is -0.615. The van der Waals surface area contributed by atoms with Crippen molar-refractivity contribution in [3.63, 3.8) is 0 Å². The molecule has 0 unspecified atom stereocenters. The molecule has 0 N–H and O–H groups in total. The van der Waals surface area contributed by atoms with Gasteiger partial charge in [0.15, 0.2) is 0 Å². The van der Waals surface area contributed by atoms with Crippen molar-refractivity contribution in [2.45, 2.75) is 13.5 Å². The Morgan fingerprint density at radius 3 is 2.57 bits per heavy atom. The van der Waals surface area contributed by atoms with Gasteiger partial charge in [-0.1, -0.05) is 54.1 Å². The van der Waals surface area contributed by atoms with E-state index < -0.39 is 5.97 Å². The third-order valence-corrected chi connectivity index (χ3v) is 4.61. The number of carbonyl (C=O) groups is 1. The van der Waals surface area contributed by atoms with Crippen LogP contribution >= 0.6 is 11.6 Å². The van der Waals surface area contributed by atoms with Gasteiger partial charge in [-0.3, -0.25) is 0 Å². The first kappa shape index (κ1) is 18.1. The Bertz CT molecular complexity index is 1130. The number of benzene rings is 3. The fourth-order valence-corrected chi connectivity index (χ4v) is 3.07. The molecule has 3 aromatic carbocycles. The van der Waals surface area contributed by atoms with Crippen LogP contribution in [-0.4, -0.2) is 5.97 Å². The number of hydrogen-bond acceptors (Lipinski definition) is 4. The average molecular weight is 393 g/mol. The molecule has 1 heterocycles. The number of esters is 1. The van der Waals surface area contributed by atoms with Gasteiger partial charge in [0.2, 0.25) is 5.76 Å². The maximum absolute atomic E-state index is 12.8. The third kappa shape index (κ3) is 3.73. The molecule has 0 aliphatic heterocycles. The summed E-state index contributed by atoms with van der Waals surface area (Å²) in [6, 6.07) is 22.1. The fraction of sp³-hybridized carbons (Fsp3) is 0.0870. The first-order chi connectivity index (χ1) is 13.6. The van der Waals surface area contributed by atoms with Crippen LogP contribution in [-0.2, 0) is 6.61 Å². The van der Waals surface area contributed by atoms with Crippen molar-refractivity contribution in [2.24, 2.45) is 0 Å². The number of rotatable bonds is 5. The summed E-state index contributed by atoms with van der Waals surface area (Å²) in [5.74, 6) is 0.487. The Balaban J connectivity index is 1.67. The molecule has 5 heteroatoms. The molecule has 0 fully saturated rings. The van der Waals surface area contributed by atoms with Crippen molar-refractivity contribution in [2.75, 3.05) is 0 Å². The van der Waals surface area contributed by atoms with Gasteiger partial charge < -0.3 is 13.9 Å². The summed E-state index contributed by atoms with van der Waals surface area (Å²) in [5, 5.41) is 1.16. The van der Waals surface area contributed by atoms with Crippen LogP contribution < -0.4 is 9.47 Å². The number of aryl methyl sites for hydroxylation is 1. The van der Waals surface area contributed by atoms with E-state index in [0.717, 1.165) is 10.9 Å². The largest absolute Gasteiger partial charge is 0.489 e. The quantitative estimate of drug-likeness (QED) is 0.300. The van der Waals surface area contributed by atoms with E-state index in [-0.39, 0.29) is 12.4 Å². The molecule has 4 rings (SSSR count). The van der Waals surface area contributed by atoms with Crippen LogP contribution in [0.15, 0.2) is 77.2 Å². The van der Waals surface area contributed by atoms with Crippen molar-refractivity contribution in [3.8, 4) is 11.5 Å². The van der Waals surface area contributed by atoms with Gasteiger partial charge in [0.25, 0.3) is 0 Å². The minimum Gasteiger partial charge on any atom is -0.489 e. The zero-order valence-corrected chi connectivity index (χ0v) is 15.9. The topological polar surface area (TPSA) is 48.7 Å². The second-order valence-corrected chi connectivity index (χ2v) is 6.74. The molecule has 0 aliphatic rings. The zero-order chi connectivity index (χ0) is 19.5. The number of hydrogen-bond donors (Lipinski definition) is 0. The molecule has 4 nitrogen and oxygen atoms in total. The molecule has 0 aliphatic carbocycles. The highest BCUT2D eigenvalue weighted by Crippen LogP contribution is 2.30. The summed E-state index contributed by atoms with van der Waals surface area (Å²) in [7, 11) is 0. The van der Waals surface area contributed by atoms with Gasteiger partial charge in [0, 0.05) is 5.39 Å². The highest BCUT2D eigenvalue weighted by atomic mass is 35.5. The lowest BCUT2D eigenvalue weighted by molar-refractivity contribution is 0.0700. The van der Waals surface area contributed by atoms with Crippen molar-refractivity contribution in [3.05, 3.63) is 94.7 Å². The number of para-hydroxylation sites is 2. The maximum Gasteiger partial charge on any atom is 0.380 e. The summed E-state index contributed by atoms with van der Waals surface area (Å²) in [4.78, 5) is 12.8. The van der Waals surface area contributed by atoms with E-state index in [4.69, 9.17) is 25.5 Å². The smallest absolute Gasteiger partial charge is 0.380 e. The summed E-state index contributed by atoms with van der Waals surface area (Å²) in [5.41, 5.74) is 2.16. The van der Waals surface area contributed by atoms with E-state index in [1.165, 1.54) is 0 Å². The van der Waals surface area contributed by atoms with E-state index in [1.54, 1.807) is 18.2 Å². The van der Waals surface area contributed by atoms with Gasteiger partial charge in [-0.05, 0) is 42.8 Å². The summed E-state index contributed by atoms with van der Waals surface area (Å²) >= 11 is 6.15. The van der Waals surface area contributed by atoms with Crippen molar-refractivity contribution in [1.82, 2.24) is 0 Å². The van der Waals surface area contributed by atoms with Gasteiger partial charge in [0.05, 0.1) is 10.6 Å². The lowest BCUT2D eigenvalue weighted by Gasteiger charge is -2.08. The van der Waals surface area contributed by atoms with E-state index >= 15 is 0 Å². The molecular formula is C23H17ClO4. The SMILES string of the molecule is Cc1ccc(Cl)c(OC(=O)c2oc3ccccc3c2COc2ccccc2)c1. The molecule has 0 saturated carbocycles. The van der Waals surface area contributed by atoms with Crippen LogP contribution in [0.5, 0.6) is 11.5 Å². The lowest BCUT2D eigenvalue weighted by atomic mass is 10.1. The van der Waals surface area contributed by atoms with Gasteiger partial charge in [-0.15, -0.1) is 0 Å². The molecule has 0 bridgehead atoms. The molecular weight excluding hydrogens is 376 g/mol. The van der Waals surface area contributed by atoms with Crippen LogP contribution in [0.1, 0.15) is 21.7 Å². The molecule has 0 saturated heterocycles. The summed E-state index contributed by atoms with van der Waals surface area (Å²) in [6.07, 6.45) is 0. The van der Waals surface area contributed by atoms with Crippen LogP contribution in [0.4, 0.5) is 0 Å². The summed E-state index contributed by atoms with van der Waals surface area (Å²) < 4.78 is 17.2. The molecule has 28 heavy (non-hydrogen) atoms. The first-order valence-electron chi connectivity index (χ1n) is 8.78. The predicted molar refractivity (Wildman–Crippen MR) is 108 cm³/mol. The predicted octanol–water partition coefficient (Wildman–Crippen LogP) is 6.19. The van der Waals surface area contributed by atoms with Crippen molar-refractivity contribution >= 4 is 28.5 Å². The average Bonchev–Trinajstić information content (AvgIpc) is 3.09. The fourth-order valence-electron chi connectivity index (χ4n) is 2.91. The van der Waals surface area contributed by atoms with E-state index in [1.807, 2.05) is 61.5 Å². The molecule has 0 atom stereocenters. The van der Waals surface area contributed by atoms with Crippen LogP contribution in [0.25, 0.3) is 11.0 Å².